The summed E-state index contributed by atoms with van der Waals surface area (Å²) in [6.45, 7) is 4.18. The molecule has 0 aliphatic rings. The number of unbranched alkanes of at least 4 members (excludes halogenated alkanes) is 12. The predicted octanol–water partition coefficient (Wildman–Crippen LogP) is 23.7. The van der Waals surface area contributed by atoms with Crippen molar-refractivity contribution in [1.82, 2.24) is 0 Å². The maximum absolute atomic E-state index is 13.1. The Kier molecular flexibility index (Phi) is 73.7. The second-order valence-electron chi connectivity index (χ2n) is 25.5. The van der Waals surface area contributed by atoms with Crippen LogP contribution in [0.2, 0.25) is 0 Å². The van der Waals surface area contributed by atoms with Crippen LogP contribution in [0.4, 0.5) is 0 Å². The molecule has 5 atom stereocenters. The normalized spacial score (nSPS) is 15.0. The predicted molar refractivity (Wildman–Crippen MR) is 445 cm³/mol. The Bertz CT molecular complexity index is 2910. The zero-order valence-corrected chi connectivity index (χ0v) is 68.0. The smallest absolute Gasteiger partial charge is 0.462 e. The highest BCUT2D eigenvalue weighted by Crippen LogP contribution is 2.45. The summed E-state index contributed by atoms with van der Waals surface area (Å²) in [5.41, 5.74) is 0. The third-order valence-corrected chi connectivity index (χ3v) is 17.4. The van der Waals surface area contributed by atoms with Crippen LogP contribution < -0.4 is 0 Å². The van der Waals surface area contributed by atoms with Crippen LogP contribution >= 0.6 is 15.6 Å². The molecule has 0 spiro atoms. The number of esters is 4. The summed E-state index contributed by atoms with van der Waals surface area (Å²) >= 11 is 0. The van der Waals surface area contributed by atoms with Crippen molar-refractivity contribution in [2.45, 2.75) is 277 Å². The van der Waals surface area contributed by atoms with E-state index in [0.717, 1.165) is 161 Å². The van der Waals surface area contributed by atoms with Gasteiger partial charge in [-0.3, -0.25) is 37.3 Å². The van der Waals surface area contributed by atoms with E-state index < -0.39 is 97.5 Å². The molecule has 19 heteroatoms. The first kappa shape index (κ1) is 101. The monoisotopic (exact) mass is 1540 g/mol. The average molecular weight is 1540 g/mol. The van der Waals surface area contributed by atoms with E-state index in [1.807, 2.05) is 24.3 Å². The molecule has 5 unspecified atom stereocenters. The topological polar surface area (TPSA) is 237 Å². The summed E-state index contributed by atoms with van der Waals surface area (Å²) < 4.78 is 68.3. The van der Waals surface area contributed by atoms with E-state index in [0.29, 0.717) is 25.7 Å². The molecule has 0 rings (SSSR count). The number of aliphatic hydroxyl groups is 1. The molecular formula is C89H138O17P2. The fourth-order valence-electron chi connectivity index (χ4n) is 9.52. The van der Waals surface area contributed by atoms with Crippen LogP contribution in [0.15, 0.2) is 219 Å². The van der Waals surface area contributed by atoms with Crippen LogP contribution in [-0.2, 0) is 65.4 Å². The largest absolute Gasteiger partial charge is 0.472 e. The van der Waals surface area contributed by atoms with Gasteiger partial charge in [0.25, 0.3) is 0 Å². The molecule has 17 nitrogen and oxygen atoms in total. The third kappa shape index (κ3) is 77.5. The number of rotatable bonds is 72. The van der Waals surface area contributed by atoms with Crippen molar-refractivity contribution in [2.75, 3.05) is 39.6 Å². The minimum absolute atomic E-state index is 0.0905. The Balaban J connectivity index is 5.55. The van der Waals surface area contributed by atoms with E-state index in [9.17, 15) is 43.2 Å². The molecule has 0 saturated heterocycles. The Morgan fingerprint density at radius 2 is 0.509 bits per heavy atom. The lowest BCUT2D eigenvalue weighted by Crippen LogP contribution is -2.30. The summed E-state index contributed by atoms with van der Waals surface area (Å²) in [4.78, 5) is 72.9. The van der Waals surface area contributed by atoms with E-state index in [1.54, 1.807) is 24.3 Å². The Labute approximate surface area is 651 Å². The highest BCUT2D eigenvalue weighted by molar-refractivity contribution is 7.47. The zero-order chi connectivity index (χ0) is 78.9. The average Bonchev–Trinajstić information content (AvgIpc) is 0.923. The van der Waals surface area contributed by atoms with Crippen LogP contribution in [0, 0.1) is 0 Å². The van der Waals surface area contributed by atoms with Crippen LogP contribution in [0.25, 0.3) is 0 Å². The first-order chi connectivity index (χ1) is 52.7. The minimum atomic E-state index is -5.03. The molecule has 0 radical (unpaired) electrons. The van der Waals surface area contributed by atoms with Gasteiger partial charge in [0.05, 0.1) is 39.3 Å². The molecule has 0 aliphatic heterocycles. The molecule has 0 saturated carbocycles. The fraction of sp³-hybridized carbons (Fsp3) is 0.551. The van der Waals surface area contributed by atoms with Crippen molar-refractivity contribution in [3.8, 4) is 0 Å². The Morgan fingerprint density at radius 1 is 0.278 bits per heavy atom. The lowest BCUT2D eigenvalue weighted by atomic mass is 10.1. The van der Waals surface area contributed by atoms with Crippen molar-refractivity contribution in [1.29, 1.82) is 0 Å². The van der Waals surface area contributed by atoms with E-state index in [2.05, 4.69) is 198 Å². The summed E-state index contributed by atoms with van der Waals surface area (Å²) in [6, 6.07) is 0. The molecule has 108 heavy (non-hydrogen) atoms. The van der Waals surface area contributed by atoms with Crippen molar-refractivity contribution in [3.63, 3.8) is 0 Å². The van der Waals surface area contributed by atoms with Gasteiger partial charge in [0.1, 0.15) is 19.3 Å². The summed E-state index contributed by atoms with van der Waals surface area (Å²) in [6.07, 6.45) is 99.8. The molecule has 0 aromatic carbocycles. The van der Waals surface area contributed by atoms with Gasteiger partial charge < -0.3 is 33.8 Å². The molecule has 0 aromatic rings. The molecular weight excluding hydrogens is 1400 g/mol. The molecule has 606 valence electrons. The van der Waals surface area contributed by atoms with Crippen LogP contribution in [0.5, 0.6) is 0 Å². The maximum Gasteiger partial charge on any atom is 0.472 e. The van der Waals surface area contributed by atoms with Gasteiger partial charge in [-0.25, -0.2) is 9.13 Å². The van der Waals surface area contributed by atoms with E-state index in [1.165, 1.54) is 19.3 Å². The molecule has 0 amide bonds. The van der Waals surface area contributed by atoms with E-state index >= 15 is 0 Å². The van der Waals surface area contributed by atoms with Gasteiger partial charge in [0, 0.05) is 12.8 Å². The molecule has 3 N–H and O–H groups in total. The second-order valence-corrected chi connectivity index (χ2v) is 28.4. The molecule has 0 heterocycles. The number of carbonyl (C=O) groups excluding carboxylic acids is 4. The number of carbonyl (C=O) groups is 4. The van der Waals surface area contributed by atoms with Crippen LogP contribution in [-0.4, -0.2) is 96.7 Å². The SMILES string of the molecule is CC/C=C\C/C=C\C/C=C\C/C=C\C/C=C\CCCCCC(=O)OCC(COP(=O)(O)OCC(O)COP(=O)(O)OCC(COC(=O)CCCCCCCC/C=C\C/C=C\C/C=C\CCCCC)OC(=O)C/C=C\C/C=C\C/C=C\C/C=C\C/C=C\CC)OC(=O)C/C=C\C/C=C\C/C=C\C/C=C\C/C=C\CC. The Morgan fingerprint density at radius 3 is 0.796 bits per heavy atom. The number of phosphoric acid groups is 2. The van der Waals surface area contributed by atoms with Gasteiger partial charge in [-0.05, 0) is 161 Å². The van der Waals surface area contributed by atoms with E-state index in [4.69, 9.17) is 37.0 Å². The maximum atomic E-state index is 13.1. The minimum Gasteiger partial charge on any atom is -0.462 e. The summed E-state index contributed by atoms with van der Waals surface area (Å²) in [7, 11) is -10.1. The second kappa shape index (κ2) is 78.5. The Hall–Kier alpha value is -6.62. The number of phosphoric ester groups is 2. The van der Waals surface area contributed by atoms with Gasteiger partial charge in [0.2, 0.25) is 0 Å². The van der Waals surface area contributed by atoms with Gasteiger partial charge in [0.15, 0.2) is 12.2 Å². The quantitative estimate of drug-likeness (QED) is 0.0169. The lowest BCUT2D eigenvalue weighted by molar-refractivity contribution is -0.160. The molecule has 0 bridgehead atoms. The number of hydrogen-bond acceptors (Lipinski definition) is 15. The molecule has 0 aliphatic carbocycles. The van der Waals surface area contributed by atoms with E-state index in [-0.39, 0.29) is 25.7 Å². The standard InChI is InChI=1S/C89H138O17P2/c1-5-9-13-17-21-25-29-33-37-39-41-43-47-49-53-57-61-65-69-73-86(91)99-79-84(105-88(93)75-71-67-63-59-55-51-45-35-31-27-23-19-15-11-7-3)81-103-107(95,96)101-77-83(90)78-102-108(97,98)104-82-85(106-89(94)76-72-68-64-60-56-52-46-36-32-28-24-20-16-12-8-4)80-100-87(92)74-70-66-62-58-54-50-48-44-42-40-38-34-30-26-22-18-14-10-6-2/h9,11-13,15-16,21-28,33-38,41-46,49,53,55-56,59-60,67-68,71-72,83-85,90H,5-8,10,14,17-20,29-32,39-40,47-48,50-52,54,57-58,61-66,69-70,73-82H2,1-4H3,(H,95,96)(H,97,98)/b13-9-,15-11-,16-12-,25-21-,26-22-,27-23-,28-24-,37-33-,38-34-,43-41-,44-42-,45-35-,46-36-,53-49-,59-55-,60-56-,71-67-,72-68-. The van der Waals surface area contributed by atoms with Crippen LogP contribution in [0.1, 0.15) is 259 Å². The van der Waals surface area contributed by atoms with Crippen molar-refractivity contribution >= 4 is 39.5 Å². The summed E-state index contributed by atoms with van der Waals surface area (Å²) in [5, 5.41) is 10.6. The number of allylic oxidation sites excluding steroid dienone is 34. The van der Waals surface area contributed by atoms with Crippen molar-refractivity contribution < 1.29 is 80.2 Å². The lowest BCUT2D eigenvalue weighted by Gasteiger charge is -2.21. The highest BCUT2D eigenvalue weighted by Gasteiger charge is 2.30. The van der Waals surface area contributed by atoms with Gasteiger partial charge in [-0.1, -0.05) is 291 Å². The van der Waals surface area contributed by atoms with Crippen LogP contribution in [0.3, 0.4) is 0 Å². The van der Waals surface area contributed by atoms with Crippen molar-refractivity contribution in [3.05, 3.63) is 219 Å². The van der Waals surface area contributed by atoms with Gasteiger partial charge in [-0.15, -0.1) is 0 Å². The summed E-state index contributed by atoms with van der Waals surface area (Å²) in [5.74, 6) is -2.55. The first-order valence-corrected chi connectivity index (χ1v) is 43.0. The third-order valence-electron chi connectivity index (χ3n) is 15.5. The highest BCUT2D eigenvalue weighted by atomic mass is 31.2. The number of hydrogen-bond donors (Lipinski definition) is 3. The first-order valence-electron chi connectivity index (χ1n) is 40.0. The number of ether oxygens (including phenoxy) is 4. The zero-order valence-electron chi connectivity index (χ0n) is 66.2. The molecule has 0 fully saturated rings. The number of aliphatic hydroxyl groups excluding tert-OH is 1. The van der Waals surface area contributed by atoms with Crippen molar-refractivity contribution in [2.24, 2.45) is 0 Å². The molecule has 0 aromatic heterocycles. The van der Waals surface area contributed by atoms with Gasteiger partial charge in [-0.2, -0.15) is 0 Å². The fourth-order valence-corrected chi connectivity index (χ4v) is 11.1. The van der Waals surface area contributed by atoms with Gasteiger partial charge >= 0.3 is 39.5 Å².